The summed E-state index contributed by atoms with van der Waals surface area (Å²) in [6.45, 7) is 10.2. The zero-order chi connectivity index (χ0) is 12.3. The van der Waals surface area contributed by atoms with E-state index in [0.29, 0.717) is 12.4 Å². The van der Waals surface area contributed by atoms with Crippen LogP contribution in [0.25, 0.3) is 0 Å². The number of aliphatic hydroxyl groups is 1. The van der Waals surface area contributed by atoms with Gasteiger partial charge in [0.2, 0.25) is 5.82 Å². The monoisotopic (exact) mass is 228 g/mol. The Morgan fingerprint density at radius 1 is 1.44 bits per heavy atom. The van der Waals surface area contributed by atoms with E-state index in [-0.39, 0.29) is 17.4 Å². The van der Waals surface area contributed by atoms with Crippen molar-refractivity contribution < 1.29 is 14.4 Å². The number of rotatable bonds is 4. The molecule has 0 fully saturated rings. The van der Waals surface area contributed by atoms with Crippen LogP contribution in [0.1, 0.15) is 58.5 Å². The van der Waals surface area contributed by atoms with Crippen LogP contribution in [-0.2, 0) is 4.74 Å². The minimum atomic E-state index is -0.747. The standard InChI is InChI=1S/C11H20N2O3/c1-6-15-8(11(3,4)5)9-12-10(7(2)14)16-13-9/h7-8,14H,6H2,1-5H3. The van der Waals surface area contributed by atoms with Gasteiger partial charge >= 0.3 is 0 Å². The summed E-state index contributed by atoms with van der Waals surface area (Å²) in [5.74, 6) is 0.717. The van der Waals surface area contributed by atoms with E-state index in [2.05, 4.69) is 10.1 Å². The summed E-state index contributed by atoms with van der Waals surface area (Å²) >= 11 is 0. The van der Waals surface area contributed by atoms with Gasteiger partial charge in [-0.25, -0.2) is 0 Å². The maximum atomic E-state index is 9.31. The van der Waals surface area contributed by atoms with Crippen molar-refractivity contribution in [1.29, 1.82) is 0 Å². The second-order valence-corrected chi connectivity index (χ2v) is 4.87. The number of ether oxygens (including phenoxy) is 1. The third-order valence-electron chi connectivity index (χ3n) is 2.17. The van der Waals surface area contributed by atoms with Gasteiger partial charge in [-0.2, -0.15) is 4.98 Å². The predicted molar refractivity (Wildman–Crippen MR) is 58.8 cm³/mol. The quantitative estimate of drug-likeness (QED) is 0.856. The average Bonchev–Trinajstić information content (AvgIpc) is 2.60. The molecule has 0 aliphatic heterocycles. The van der Waals surface area contributed by atoms with Crippen molar-refractivity contribution in [2.24, 2.45) is 5.41 Å². The summed E-state index contributed by atoms with van der Waals surface area (Å²) in [4.78, 5) is 4.14. The lowest BCUT2D eigenvalue weighted by atomic mass is 9.88. The van der Waals surface area contributed by atoms with E-state index >= 15 is 0 Å². The highest BCUT2D eigenvalue weighted by molar-refractivity contribution is 4.97. The van der Waals surface area contributed by atoms with Crippen molar-refractivity contribution in [2.45, 2.75) is 46.8 Å². The van der Waals surface area contributed by atoms with Crippen LogP contribution in [0, 0.1) is 5.41 Å². The summed E-state index contributed by atoms with van der Waals surface area (Å²) in [6, 6.07) is 0. The Kier molecular flexibility index (Phi) is 4.04. The van der Waals surface area contributed by atoms with Crippen LogP contribution in [0.2, 0.25) is 0 Å². The molecule has 0 saturated carbocycles. The minimum absolute atomic E-state index is 0.115. The fourth-order valence-corrected chi connectivity index (χ4v) is 1.40. The highest BCUT2D eigenvalue weighted by atomic mass is 16.5. The van der Waals surface area contributed by atoms with Gasteiger partial charge in [0, 0.05) is 6.61 Å². The number of hydrogen-bond acceptors (Lipinski definition) is 5. The summed E-state index contributed by atoms with van der Waals surface area (Å²) < 4.78 is 10.6. The maximum absolute atomic E-state index is 9.31. The predicted octanol–water partition coefficient (Wildman–Crippen LogP) is 2.25. The lowest BCUT2D eigenvalue weighted by molar-refractivity contribution is -0.0203. The van der Waals surface area contributed by atoms with E-state index in [1.165, 1.54) is 0 Å². The molecule has 0 aromatic carbocycles. The van der Waals surface area contributed by atoms with E-state index < -0.39 is 6.10 Å². The van der Waals surface area contributed by atoms with Crippen LogP contribution in [0.5, 0.6) is 0 Å². The molecule has 92 valence electrons. The first-order valence-corrected chi connectivity index (χ1v) is 5.49. The second kappa shape index (κ2) is 4.93. The normalized spacial score (nSPS) is 16.1. The Balaban J connectivity index is 2.93. The fourth-order valence-electron chi connectivity index (χ4n) is 1.40. The Hall–Kier alpha value is -0.940. The molecule has 0 aliphatic carbocycles. The molecule has 16 heavy (non-hydrogen) atoms. The van der Waals surface area contributed by atoms with E-state index in [9.17, 15) is 5.11 Å². The van der Waals surface area contributed by atoms with Crippen LogP contribution in [0.15, 0.2) is 4.52 Å². The first kappa shape index (κ1) is 13.1. The van der Waals surface area contributed by atoms with Crippen molar-refractivity contribution in [3.8, 4) is 0 Å². The first-order valence-electron chi connectivity index (χ1n) is 5.49. The van der Waals surface area contributed by atoms with E-state index in [4.69, 9.17) is 9.26 Å². The number of aromatic nitrogens is 2. The average molecular weight is 228 g/mol. The van der Waals surface area contributed by atoms with Crippen molar-refractivity contribution in [2.75, 3.05) is 6.61 Å². The van der Waals surface area contributed by atoms with Gasteiger partial charge in [0.15, 0.2) is 0 Å². The van der Waals surface area contributed by atoms with Gasteiger partial charge in [0.25, 0.3) is 5.89 Å². The molecule has 2 unspecified atom stereocenters. The zero-order valence-corrected chi connectivity index (χ0v) is 10.5. The van der Waals surface area contributed by atoms with Gasteiger partial charge in [0.05, 0.1) is 0 Å². The van der Waals surface area contributed by atoms with Crippen molar-refractivity contribution in [3.05, 3.63) is 11.7 Å². The molecule has 0 amide bonds. The van der Waals surface area contributed by atoms with Crippen molar-refractivity contribution >= 4 is 0 Å². The Morgan fingerprint density at radius 3 is 2.44 bits per heavy atom. The zero-order valence-electron chi connectivity index (χ0n) is 10.5. The van der Waals surface area contributed by atoms with Crippen LogP contribution in [0.3, 0.4) is 0 Å². The summed E-state index contributed by atoms with van der Waals surface area (Å²) in [5, 5.41) is 13.2. The molecule has 1 N–H and O–H groups in total. The van der Waals surface area contributed by atoms with Gasteiger partial charge in [-0.15, -0.1) is 0 Å². The summed E-state index contributed by atoms with van der Waals surface area (Å²) in [6.07, 6.45) is -0.975. The highest BCUT2D eigenvalue weighted by Gasteiger charge is 2.31. The van der Waals surface area contributed by atoms with Crippen LogP contribution < -0.4 is 0 Å². The van der Waals surface area contributed by atoms with E-state index in [1.807, 2.05) is 27.7 Å². The minimum Gasteiger partial charge on any atom is -0.384 e. The number of hydrogen-bond donors (Lipinski definition) is 1. The molecular formula is C11H20N2O3. The molecule has 1 aromatic heterocycles. The molecule has 5 nitrogen and oxygen atoms in total. The lowest BCUT2D eigenvalue weighted by Gasteiger charge is -2.27. The van der Waals surface area contributed by atoms with Gasteiger partial charge in [-0.1, -0.05) is 25.9 Å². The lowest BCUT2D eigenvalue weighted by Crippen LogP contribution is -2.22. The molecule has 1 heterocycles. The Bertz CT molecular complexity index is 328. The number of aliphatic hydroxyl groups excluding tert-OH is 1. The third kappa shape index (κ3) is 3.02. The van der Waals surface area contributed by atoms with Gasteiger partial charge in [-0.3, -0.25) is 0 Å². The molecular weight excluding hydrogens is 208 g/mol. The molecule has 1 rings (SSSR count). The van der Waals surface area contributed by atoms with Gasteiger partial charge in [-0.05, 0) is 19.3 Å². The molecule has 1 aromatic rings. The van der Waals surface area contributed by atoms with Crippen LogP contribution in [0.4, 0.5) is 0 Å². The fraction of sp³-hybridized carbons (Fsp3) is 0.818. The summed E-state index contributed by atoms with van der Waals surface area (Å²) in [5.41, 5.74) is -0.115. The van der Waals surface area contributed by atoms with Crippen LogP contribution >= 0.6 is 0 Å². The SMILES string of the molecule is CCOC(c1noc(C(C)O)n1)C(C)(C)C. The third-order valence-corrected chi connectivity index (χ3v) is 2.17. The topological polar surface area (TPSA) is 68.4 Å². The molecule has 0 saturated heterocycles. The van der Waals surface area contributed by atoms with E-state index in [0.717, 1.165) is 0 Å². The molecule has 0 spiro atoms. The molecule has 0 bridgehead atoms. The van der Waals surface area contributed by atoms with Gasteiger partial charge in [0.1, 0.15) is 12.2 Å². The Morgan fingerprint density at radius 2 is 2.06 bits per heavy atom. The molecule has 0 aliphatic rings. The first-order chi connectivity index (χ1) is 7.36. The Labute approximate surface area is 95.8 Å². The molecule has 2 atom stereocenters. The van der Waals surface area contributed by atoms with Crippen LogP contribution in [-0.4, -0.2) is 21.9 Å². The second-order valence-electron chi connectivity index (χ2n) is 4.87. The highest BCUT2D eigenvalue weighted by Crippen LogP contribution is 2.34. The maximum Gasteiger partial charge on any atom is 0.255 e. The van der Waals surface area contributed by atoms with Crippen molar-refractivity contribution in [1.82, 2.24) is 10.1 Å². The smallest absolute Gasteiger partial charge is 0.255 e. The largest absolute Gasteiger partial charge is 0.384 e. The molecule has 0 radical (unpaired) electrons. The number of nitrogens with zero attached hydrogens (tertiary/aromatic N) is 2. The molecule has 5 heteroatoms. The van der Waals surface area contributed by atoms with E-state index in [1.54, 1.807) is 6.92 Å². The van der Waals surface area contributed by atoms with Crippen molar-refractivity contribution in [3.63, 3.8) is 0 Å². The summed E-state index contributed by atoms with van der Waals surface area (Å²) in [7, 11) is 0. The van der Waals surface area contributed by atoms with Gasteiger partial charge < -0.3 is 14.4 Å².